The number of aliphatic hydroxyl groups excluding tert-OH is 5. The molecule has 0 spiro atoms. The van der Waals surface area contributed by atoms with Crippen LogP contribution in [0.4, 0.5) is 0 Å². The van der Waals surface area contributed by atoms with Gasteiger partial charge in [-0.05, 0) is 96.3 Å². The molecule has 1 aliphatic rings. The normalized spacial score (nSPS) is 18.7. The zero-order valence-electron chi connectivity index (χ0n) is 56.0. The Morgan fingerprint density at radius 3 is 1.10 bits per heavy atom. The molecular formula is C78H135NO8. The lowest BCUT2D eigenvalue weighted by Gasteiger charge is -2.40. The molecule has 7 atom stereocenters. The fourth-order valence-electron chi connectivity index (χ4n) is 10.9. The molecule has 9 nitrogen and oxygen atoms in total. The van der Waals surface area contributed by atoms with Gasteiger partial charge in [0.15, 0.2) is 6.29 Å². The van der Waals surface area contributed by atoms with Crippen LogP contribution in [-0.4, -0.2) is 87.5 Å². The third-order valence-electron chi connectivity index (χ3n) is 16.5. The fourth-order valence-corrected chi connectivity index (χ4v) is 10.9. The van der Waals surface area contributed by atoms with Gasteiger partial charge in [-0.15, -0.1) is 0 Å². The number of hydrogen-bond acceptors (Lipinski definition) is 8. The number of aliphatic hydroxyl groups is 5. The van der Waals surface area contributed by atoms with Crippen molar-refractivity contribution in [3.63, 3.8) is 0 Å². The van der Waals surface area contributed by atoms with Crippen LogP contribution in [0.15, 0.2) is 122 Å². The predicted molar refractivity (Wildman–Crippen MR) is 373 cm³/mol. The summed E-state index contributed by atoms with van der Waals surface area (Å²) < 4.78 is 11.3. The minimum absolute atomic E-state index is 0.193. The first kappa shape index (κ1) is 81.6. The molecule has 0 aromatic rings. The highest BCUT2D eigenvalue weighted by Crippen LogP contribution is 2.23. The van der Waals surface area contributed by atoms with Crippen molar-refractivity contribution in [1.29, 1.82) is 0 Å². The molecule has 0 saturated carbocycles. The van der Waals surface area contributed by atoms with Gasteiger partial charge in [-0.25, -0.2) is 0 Å². The van der Waals surface area contributed by atoms with Gasteiger partial charge in [0.25, 0.3) is 0 Å². The zero-order valence-corrected chi connectivity index (χ0v) is 56.0. The van der Waals surface area contributed by atoms with Crippen molar-refractivity contribution < 1.29 is 39.8 Å². The van der Waals surface area contributed by atoms with Crippen molar-refractivity contribution in [1.82, 2.24) is 5.32 Å². The Balaban J connectivity index is 2.17. The topological polar surface area (TPSA) is 149 Å². The molecule has 500 valence electrons. The highest BCUT2D eigenvalue weighted by molar-refractivity contribution is 5.76. The molecule has 1 saturated heterocycles. The Morgan fingerprint density at radius 2 is 0.724 bits per heavy atom. The second-order valence-corrected chi connectivity index (χ2v) is 24.6. The second-order valence-electron chi connectivity index (χ2n) is 24.6. The van der Waals surface area contributed by atoms with E-state index >= 15 is 0 Å². The number of rotatable bonds is 62. The lowest BCUT2D eigenvalue weighted by atomic mass is 9.99. The average molecular weight is 1210 g/mol. The monoisotopic (exact) mass is 1210 g/mol. The van der Waals surface area contributed by atoms with Gasteiger partial charge >= 0.3 is 0 Å². The van der Waals surface area contributed by atoms with Crippen LogP contribution >= 0.6 is 0 Å². The van der Waals surface area contributed by atoms with E-state index in [1.54, 1.807) is 6.08 Å². The third-order valence-corrected chi connectivity index (χ3v) is 16.5. The van der Waals surface area contributed by atoms with Crippen LogP contribution in [0, 0.1) is 0 Å². The standard InChI is InChI=1S/C78H135NO8/c1-3-5-7-9-11-13-15-17-19-21-23-25-27-29-31-33-34-35-36-37-38-40-42-44-46-48-50-52-54-56-58-60-62-64-66-68-74(82)79-71(70-86-78-77(85)76(84)75(83)73(69-80)87-78)72(81)67-65-63-61-59-57-55-53-51-49-47-45-43-41-39-32-30-28-26-24-22-20-18-16-14-12-10-8-6-4-2/h5,7,11,13,17,19,23,25,29,31,34-35,37-38,42,44,57,59,65,67,71-73,75-78,80-81,83-85H,3-4,6,8-10,12,14-16,18,20-22,24,26-28,30,32-33,36,39-41,43,45-56,58,60-64,66,68-70H2,1-2H3,(H,79,82)/b7-5-,13-11-,19-17-,25-23-,31-29-,35-34-,38-37-,44-42-,59-57+,67-65+. The molecule has 7 unspecified atom stereocenters. The highest BCUT2D eigenvalue weighted by Gasteiger charge is 2.44. The van der Waals surface area contributed by atoms with Crippen molar-refractivity contribution in [3.8, 4) is 0 Å². The summed E-state index contributed by atoms with van der Waals surface area (Å²) in [6, 6.07) is -0.834. The summed E-state index contributed by atoms with van der Waals surface area (Å²) in [6.45, 7) is 3.67. The van der Waals surface area contributed by atoms with Crippen LogP contribution in [0.2, 0.25) is 0 Å². The number of hydrogen-bond donors (Lipinski definition) is 6. The number of nitrogens with one attached hydrogen (secondary N) is 1. The van der Waals surface area contributed by atoms with Gasteiger partial charge in [0.1, 0.15) is 24.4 Å². The van der Waals surface area contributed by atoms with Crippen LogP contribution in [0.25, 0.3) is 0 Å². The Labute approximate surface area is 535 Å². The molecule has 1 rings (SSSR count). The summed E-state index contributed by atoms with van der Waals surface area (Å²) in [5, 5.41) is 54.8. The summed E-state index contributed by atoms with van der Waals surface area (Å²) >= 11 is 0. The fraction of sp³-hybridized carbons (Fsp3) is 0.731. The van der Waals surface area contributed by atoms with Crippen LogP contribution in [0.1, 0.15) is 309 Å². The molecule has 1 amide bonds. The smallest absolute Gasteiger partial charge is 0.220 e. The van der Waals surface area contributed by atoms with E-state index in [0.717, 1.165) is 103 Å². The minimum Gasteiger partial charge on any atom is -0.394 e. The van der Waals surface area contributed by atoms with Crippen molar-refractivity contribution in [2.75, 3.05) is 13.2 Å². The van der Waals surface area contributed by atoms with E-state index in [4.69, 9.17) is 9.47 Å². The molecule has 0 aliphatic carbocycles. The summed E-state index contributed by atoms with van der Waals surface area (Å²) in [7, 11) is 0. The van der Waals surface area contributed by atoms with Crippen LogP contribution in [-0.2, 0) is 14.3 Å². The SMILES string of the molecule is CC/C=C\C/C=C\C/C=C\C/C=C\C/C=C\C/C=C\C/C=C\C/C=C\CCCCCCCCCCCCC(=O)NC(COC1OC(CO)C(O)C(O)C1O)C(O)/C=C/CC/C=C/CCCCCCCCCCCCCCCCCCCCCCCCC. The Morgan fingerprint density at radius 1 is 0.402 bits per heavy atom. The highest BCUT2D eigenvalue weighted by atomic mass is 16.7. The number of amides is 1. The summed E-state index contributed by atoms with van der Waals surface area (Å²) in [5.74, 6) is -0.193. The molecule has 9 heteroatoms. The summed E-state index contributed by atoms with van der Waals surface area (Å²) in [6.07, 6.45) is 91.6. The molecule has 1 aliphatic heterocycles. The Hall–Kier alpha value is -3.41. The van der Waals surface area contributed by atoms with Gasteiger partial charge < -0.3 is 40.3 Å². The van der Waals surface area contributed by atoms with E-state index in [1.807, 2.05) is 6.08 Å². The van der Waals surface area contributed by atoms with E-state index in [0.29, 0.717) is 6.42 Å². The van der Waals surface area contributed by atoms with Crippen LogP contribution in [0.5, 0.6) is 0 Å². The first-order valence-corrected chi connectivity index (χ1v) is 36.3. The lowest BCUT2D eigenvalue weighted by Crippen LogP contribution is -2.60. The molecule has 1 fully saturated rings. The molecule has 0 radical (unpaired) electrons. The summed E-state index contributed by atoms with van der Waals surface area (Å²) in [4.78, 5) is 13.1. The van der Waals surface area contributed by atoms with Crippen LogP contribution in [0.3, 0.4) is 0 Å². The maximum Gasteiger partial charge on any atom is 0.220 e. The van der Waals surface area contributed by atoms with E-state index in [1.165, 1.54) is 186 Å². The van der Waals surface area contributed by atoms with Gasteiger partial charge in [-0.3, -0.25) is 4.79 Å². The van der Waals surface area contributed by atoms with Crippen molar-refractivity contribution in [2.45, 2.75) is 352 Å². The van der Waals surface area contributed by atoms with Crippen molar-refractivity contribution in [3.05, 3.63) is 122 Å². The lowest BCUT2D eigenvalue weighted by molar-refractivity contribution is -0.302. The molecule has 0 aromatic heterocycles. The maximum atomic E-state index is 13.1. The molecule has 0 bridgehead atoms. The van der Waals surface area contributed by atoms with Gasteiger partial charge in [-0.2, -0.15) is 0 Å². The molecule has 0 aromatic carbocycles. The molecule has 6 N–H and O–H groups in total. The maximum absolute atomic E-state index is 13.1. The average Bonchev–Trinajstić information content (AvgIpc) is 3.47. The van der Waals surface area contributed by atoms with E-state index in [2.05, 4.69) is 129 Å². The number of carbonyl (C=O) groups excluding carboxylic acids is 1. The second kappa shape index (κ2) is 65.5. The first-order chi connectivity index (χ1) is 42.8. The number of allylic oxidation sites excluding steroid dienone is 19. The Kier molecular flexibility index (Phi) is 61.5. The number of ether oxygens (including phenoxy) is 2. The largest absolute Gasteiger partial charge is 0.394 e. The van der Waals surface area contributed by atoms with Crippen molar-refractivity contribution in [2.24, 2.45) is 0 Å². The van der Waals surface area contributed by atoms with Gasteiger partial charge in [0.2, 0.25) is 5.91 Å². The molecular weight excluding hydrogens is 1080 g/mol. The third kappa shape index (κ3) is 54.1. The van der Waals surface area contributed by atoms with Gasteiger partial charge in [0.05, 0.1) is 25.4 Å². The quantitative estimate of drug-likeness (QED) is 0.0261. The van der Waals surface area contributed by atoms with E-state index in [-0.39, 0.29) is 12.5 Å². The molecule has 87 heavy (non-hydrogen) atoms. The summed E-state index contributed by atoms with van der Waals surface area (Å²) in [5.41, 5.74) is 0. The number of carbonyl (C=O) groups is 1. The first-order valence-electron chi connectivity index (χ1n) is 36.3. The van der Waals surface area contributed by atoms with E-state index < -0.39 is 49.5 Å². The predicted octanol–water partition coefficient (Wildman–Crippen LogP) is 20.2. The molecule has 1 heterocycles. The Bertz CT molecular complexity index is 1790. The van der Waals surface area contributed by atoms with Gasteiger partial charge in [0, 0.05) is 6.42 Å². The number of unbranched alkanes of at least 4 members (excludes halogenated alkanes) is 34. The van der Waals surface area contributed by atoms with Crippen LogP contribution < -0.4 is 5.32 Å². The van der Waals surface area contributed by atoms with Crippen molar-refractivity contribution >= 4 is 5.91 Å². The minimum atomic E-state index is -1.58. The zero-order chi connectivity index (χ0) is 62.8. The van der Waals surface area contributed by atoms with Gasteiger partial charge in [-0.1, -0.05) is 328 Å². The van der Waals surface area contributed by atoms with E-state index in [9.17, 15) is 30.3 Å².